The Morgan fingerprint density at radius 2 is 1.03 bits per heavy atom. The van der Waals surface area contributed by atoms with E-state index in [1.807, 2.05) is 63.2 Å². The molecule has 5 aromatic carbocycles. The highest BCUT2D eigenvalue weighted by atomic mass is 31.2. The summed E-state index contributed by atoms with van der Waals surface area (Å²) in [5.74, 6) is 2.36. The number of amides is 1. The van der Waals surface area contributed by atoms with Crippen LogP contribution in [0.2, 0.25) is 0 Å². The molecule has 10 heteroatoms. The van der Waals surface area contributed by atoms with Gasteiger partial charge in [-0.15, -0.1) is 0 Å². The van der Waals surface area contributed by atoms with Crippen LogP contribution in [-0.4, -0.2) is 16.1 Å². The van der Waals surface area contributed by atoms with Crippen molar-refractivity contribution in [3.8, 4) is 28.7 Å². The molecule has 2 aliphatic rings. The largest absolute Gasteiger partial charge is 0.453 e. The second-order valence-electron chi connectivity index (χ2n) is 23.0. The van der Waals surface area contributed by atoms with Crippen LogP contribution in [0.15, 0.2) is 93.3 Å². The van der Waals surface area contributed by atoms with Gasteiger partial charge in [0.25, 0.3) is 5.91 Å². The van der Waals surface area contributed by atoms with E-state index >= 15 is 0 Å². The molecule has 0 spiro atoms. The molecule has 6 aromatic rings. The number of fused-ring (bicyclic) bond motifs is 6. The first-order valence-corrected chi connectivity index (χ1v) is 24.5. The lowest BCUT2D eigenvalue weighted by molar-refractivity contribution is 0.0730. The molecule has 2 aliphatic heterocycles. The van der Waals surface area contributed by atoms with Gasteiger partial charge >= 0.3 is 16.8 Å². The fraction of sp³-hybridized carbons (Fsp3) is 0.426. The van der Waals surface area contributed by atoms with Gasteiger partial charge in [0.15, 0.2) is 23.0 Å². The number of para-hydroxylation sites is 3. The summed E-state index contributed by atoms with van der Waals surface area (Å²) >= 11 is 0. The number of hydrogen-bond acceptors (Lipinski definition) is 7. The summed E-state index contributed by atoms with van der Waals surface area (Å²) in [6, 6.07) is 28.4. The summed E-state index contributed by atoms with van der Waals surface area (Å²) < 4.78 is 43.4. The molecule has 0 bridgehead atoms. The Hall–Kier alpha value is -4.90. The van der Waals surface area contributed by atoms with Crippen LogP contribution in [0.1, 0.15) is 161 Å². The van der Waals surface area contributed by atoms with Crippen LogP contribution in [-0.2, 0) is 27.1 Å². The second-order valence-corrected chi connectivity index (χ2v) is 25.2. The zero-order valence-electron chi connectivity index (χ0n) is 40.8. The molecule has 1 amide bonds. The third-order valence-corrected chi connectivity index (χ3v) is 15.1. The van der Waals surface area contributed by atoms with Crippen molar-refractivity contribution in [1.82, 2.24) is 4.67 Å². The van der Waals surface area contributed by atoms with Crippen molar-refractivity contribution in [3.63, 3.8) is 0 Å². The van der Waals surface area contributed by atoms with E-state index in [-0.39, 0.29) is 27.6 Å². The first kappa shape index (κ1) is 45.7. The van der Waals surface area contributed by atoms with Gasteiger partial charge in [0.1, 0.15) is 16.9 Å². The molecule has 0 saturated carbocycles. The number of carbonyl (C=O) groups excluding carboxylic acids is 1. The van der Waals surface area contributed by atoms with Crippen molar-refractivity contribution in [2.45, 2.75) is 150 Å². The van der Waals surface area contributed by atoms with E-state index in [0.717, 1.165) is 44.2 Å². The molecule has 0 fully saturated rings. The Morgan fingerprint density at radius 3 is 1.48 bits per heavy atom. The molecule has 0 radical (unpaired) electrons. The number of nitrogens with zero attached hydrogens (tertiary/aromatic N) is 1. The molecule has 8 rings (SSSR count). The van der Waals surface area contributed by atoms with Gasteiger partial charge in [-0.2, -0.15) is 0 Å². The lowest BCUT2D eigenvalue weighted by Gasteiger charge is -2.42. The van der Waals surface area contributed by atoms with Gasteiger partial charge in [-0.05, 0) is 90.0 Å². The van der Waals surface area contributed by atoms with E-state index < -0.39 is 27.7 Å². The maximum atomic E-state index is 14.0. The van der Waals surface area contributed by atoms with Crippen LogP contribution in [0.25, 0.3) is 21.9 Å². The van der Waals surface area contributed by atoms with E-state index in [9.17, 15) is 4.79 Å². The topological polar surface area (TPSA) is 83.5 Å². The van der Waals surface area contributed by atoms with Crippen molar-refractivity contribution >= 4 is 44.6 Å². The SMILES string of the molecule is CC(C)(C)c1cc(C(C)(C)C)c2op(Oc3cccc4c3Oc3c(OP5Oc6ccccc6C(=O)N5C(C)(C)C)cccc3C4(C)C)oc3c(C(C)(C)C)cc(C(C)(C)C)cc3c2c1. The summed E-state index contributed by atoms with van der Waals surface area (Å²) in [6.45, 7) is 37.2. The van der Waals surface area contributed by atoms with Crippen molar-refractivity contribution in [2.75, 3.05) is 0 Å². The minimum Gasteiger partial charge on any atom is -0.449 e. The molecule has 338 valence electrons. The Kier molecular flexibility index (Phi) is 10.9. The highest BCUT2D eigenvalue weighted by Crippen LogP contribution is 2.59. The minimum atomic E-state index is -2.11. The predicted molar refractivity (Wildman–Crippen MR) is 263 cm³/mol. The Labute approximate surface area is 382 Å². The van der Waals surface area contributed by atoms with Crippen molar-refractivity contribution in [1.29, 1.82) is 0 Å². The number of carbonyl (C=O) groups is 1. The first-order chi connectivity index (χ1) is 29.5. The van der Waals surface area contributed by atoms with Crippen LogP contribution in [0.5, 0.6) is 28.7 Å². The van der Waals surface area contributed by atoms with Crippen LogP contribution < -0.4 is 18.3 Å². The van der Waals surface area contributed by atoms with Gasteiger partial charge in [-0.25, -0.2) is 4.67 Å². The number of benzene rings is 5. The summed E-state index contributed by atoms with van der Waals surface area (Å²) in [5, 5.41) is 2.00. The fourth-order valence-electron chi connectivity index (χ4n) is 8.47. The highest BCUT2D eigenvalue weighted by molar-refractivity contribution is 7.46. The highest BCUT2D eigenvalue weighted by Gasteiger charge is 2.46. The third-order valence-electron chi connectivity index (χ3n) is 12.3. The molecule has 1 aromatic heterocycles. The minimum absolute atomic E-state index is 0.125. The molecule has 8 nitrogen and oxygen atoms in total. The van der Waals surface area contributed by atoms with Crippen LogP contribution in [0.3, 0.4) is 0 Å². The Balaban J connectivity index is 1.32. The maximum Gasteiger partial charge on any atom is 0.453 e. The molecule has 64 heavy (non-hydrogen) atoms. The van der Waals surface area contributed by atoms with Gasteiger partial charge in [0.05, 0.1) is 5.56 Å². The Bertz CT molecular complexity index is 2780. The molecule has 1 unspecified atom stereocenters. The second kappa shape index (κ2) is 15.3. The molecule has 3 heterocycles. The zero-order valence-corrected chi connectivity index (χ0v) is 42.6. The maximum absolute atomic E-state index is 14.0. The van der Waals surface area contributed by atoms with Crippen molar-refractivity contribution in [2.24, 2.45) is 0 Å². The lowest BCUT2D eigenvalue weighted by Crippen LogP contribution is -2.45. The van der Waals surface area contributed by atoms with E-state index in [0.29, 0.717) is 34.3 Å². The molecular weight excluding hydrogens is 837 g/mol. The summed E-state index contributed by atoms with van der Waals surface area (Å²) in [6.07, 6.45) is 0. The average Bonchev–Trinajstić information content (AvgIpc) is 3.32. The van der Waals surface area contributed by atoms with Gasteiger partial charge in [-0.1, -0.05) is 145 Å². The molecule has 1 atom stereocenters. The van der Waals surface area contributed by atoms with Gasteiger partial charge in [0.2, 0.25) is 0 Å². The standard InChI is InChI=1S/C54H65NO7P2/c1-49(2,3)32-28-35-36-29-33(50(4,5)6)31-40(52(10,11)12)45(36)62-64(61-44(35)39(30-32)51(7,8)9)60-43-27-21-24-38-47(43)57-46-37(54(38,16)17)23-20-26-42(46)59-63-55(53(13,14)15)48(56)34-22-18-19-25-41(34)58-63/h18-31H,1-17H3. The van der Waals surface area contributed by atoms with Crippen LogP contribution in [0.4, 0.5) is 0 Å². The van der Waals surface area contributed by atoms with Crippen LogP contribution >= 0.6 is 16.8 Å². The predicted octanol–water partition coefficient (Wildman–Crippen LogP) is 16.7. The summed E-state index contributed by atoms with van der Waals surface area (Å²) in [5.41, 5.74) is 6.57. The quantitative estimate of drug-likeness (QED) is 0.163. The van der Waals surface area contributed by atoms with Gasteiger partial charge in [0, 0.05) is 44.0 Å². The van der Waals surface area contributed by atoms with Gasteiger partial charge in [-0.3, -0.25) is 4.79 Å². The fourth-order valence-corrected chi connectivity index (χ4v) is 11.2. The summed E-state index contributed by atoms with van der Waals surface area (Å²) in [4.78, 5) is 14.0. The molecule has 0 saturated heterocycles. The monoisotopic (exact) mass is 901 g/mol. The Morgan fingerprint density at radius 1 is 0.562 bits per heavy atom. The van der Waals surface area contributed by atoms with Crippen molar-refractivity contribution < 1.29 is 31.5 Å². The number of ether oxygens (including phenoxy) is 1. The first-order valence-electron chi connectivity index (χ1n) is 22.3. The van der Waals surface area contributed by atoms with E-state index in [2.05, 4.69) is 133 Å². The average molecular weight is 902 g/mol. The smallest absolute Gasteiger partial charge is 0.449 e. The zero-order chi connectivity index (χ0) is 46.7. The van der Waals surface area contributed by atoms with E-state index in [1.165, 1.54) is 11.1 Å². The lowest BCUT2D eigenvalue weighted by atomic mass is 9.75. The number of hydrogen-bond donors (Lipinski definition) is 0. The van der Waals surface area contributed by atoms with Crippen LogP contribution in [0, 0.1) is 0 Å². The van der Waals surface area contributed by atoms with Crippen molar-refractivity contribution in [3.05, 3.63) is 124 Å². The van der Waals surface area contributed by atoms with E-state index in [4.69, 9.17) is 26.7 Å². The molecule has 0 N–H and O–H groups in total. The van der Waals surface area contributed by atoms with E-state index in [1.54, 1.807) is 10.7 Å². The molecule has 0 aliphatic carbocycles. The normalized spacial score (nSPS) is 16.4. The number of rotatable bonds is 4. The van der Waals surface area contributed by atoms with Gasteiger partial charge < -0.3 is 26.7 Å². The third kappa shape index (κ3) is 8.19. The molecular formula is C54H65NO7P2. The summed E-state index contributed by atoms with van der Waals surface area (Å²) in [7, 11) is -4.03.